The summed E-state index contributed by atoms with van der Waals surface area (Å²) in [6, 6.07) is 15.6. The van der Waals surface area contributed by atoms with E-state index >= 15 is 0 Å². The molecule has 1 aromatic heterocycles. The first kappa shape index (κ1) is 18.2. The number of carbonyl (C=O) groups is 1. The molecule has 28 heavy (non-hydrogen) atoms. The predicted molar refractivity (Wildman–Crippen MR) is 108 cm³/mol. The highest BCUT2D eigenvalue weighted by atomic mass is 16.5. The van der Waals surface area contributed by atoms with Crippen LogP contribution in [0.4, 0.5) is 5.69 Å². The molecule has 1 saturated carbocycles. The number of methoxy groups -OCH3 is 1. The van der Waals surface area contributed by atoms with Crippen molar-refractivity contribution in [1.29, 1.82) is 0 Å². The standard InChI is InChI=1S/C22H24N4O2/c1-28-19-13-5-15(6-14-19)3-2-4-20(27)23-18-11-9-17(10-12-18)22-24-21(25-26-22)16-7-8-16/h5-6,9-14,16H,2-4,7-8H2,1H3,(H,23,27)(H,24,25,26). The molecule has 6 heteroatoms. The molecular weight excluding hydrogens is 352 g/mol. The molecule has 0 atom stereocenters. The molecule has 6 nitrogen and oxygen atoms in total. The summed E-state index contributed by atoms with van der Waals surface area (Å²) in [5.41, 5.74) is 2.94. The maximum atomic E-state index is 12.2. The third-order valence-corrected chi connectivity index (χ3v) is 4.92. The van der Waals surface area contributed by atoms with Crippen LogP contribution in [0.5, 0.6) is 5.75 Å². The summed E-state index contributed by atoms with van der Waals surface area (Å²) in [6.45, 7) is 0. The summed E-state index contributed by atoms with van der Waals surface area (Å²) in [6.07, 6.45) is 4.54. The van der Waals surface area contributed by atoms with Crippen molar-refractivity contribution in [3.63, 3.8) is 0 Å². The number of rotatable bonds is 8. The van der Waals surface area contributed by atoms with E-state index in [2.05, 4.69) is 20.5 Å². The van der Waals surface area contributed by atoms with Gasteiger partial charge in [0.25, 0.3) is 0 Å². The topological polar surface area (TPSA) is 79.9 Å². The van der Waals surface area contributed by atoms with Gasteiger partial charge in [0.05, 0.1) is 7.11 Å². The number of aromatic amines is 1. The number of amides is 1. The molecule has 1 aliphatic carbocycles. The van der Waals surface area contributed by atoms with Gasteiger partial charge in [-0.25, -0.2) is 4.98 Å². The molecule has 0 aliphatic heterocycles. The first-order chi connectivity index (χ1) is 13.7. The van der Waals surface area contributed by atoms with Crippen LogP contribution in [0.3, 0.4) is 0 Å². The van der Waals surface area contributed by atoms with Gasteiger partial charge in [-0.2, -0.15) is 5.10 Å². The van der Waals surface area contributed by atoms with E-state index in [-0.39, 0.29) is 5.91 Å². The van der Waals surface area contributed by atoms with E-state index in [1.54, 1.807) is 7.11 Å². The number of hydrogen-bond acceptors (Lipinski definition) is 4. The molecule has 0 unspecified atom stereocenters. The van der Waals surface area contributed by atoms with Crippen molar-refractivity contribution >= 4 is 11.6 Å². The molecule has 2 N–H and O–H groups in total. The van der Waals surface area contributed by atoms with Gasteiger partial charge in [0, 0.05) is 23.6 Å². The predicted octanol–water partition coefficient (Wildman–Crippen LogP) is 4.32. The van der Waals surface area contributed by atoms with Crippen LogP contribution in [-0.4, -0.2) is 28.2 Å². The number of nitrogens with zero attached hydrogens (tertiary/aromatic N) is 2. The Kier molecular flexibility index (Phi) is 5.37. The monoisotopic (exact) mass is 376 g/mol. The van der Waals surface area contributed by atoms with Gasteiger partial charge < -0.3 is 10.1 Å². The van der Waals surface area contributed by atoms with Crippen molar-refractivity contribution < 1.29 is 9.53 Å². The number of H-pyrrole nitrogens is 1. The third kappa shape index (κ3) is 4.57. The number of carbonyl (C=O) groups excluding carboxylic acids is 1. The Hall–Kier alpha value is -3.15. The van der Waals surface area contributed by atoms with Gasteiger partial charge in [-0.05, 0) is 67.6 Å². The fraction of sp³-hybridized carbons (Fsp3) is 0.318. The van der Waals surface area contributed by atoms with Gasteiger partial charge in [0.15, 0.2) is 5.82 Å². The maximum Gasteiger partial charge on any atom is 0.224 e. The van der Waals surface area contributed by atoms with E-state index in [4.69, 9.17) is 4.74 Å². The zero-order chi connectivity index (χ0) is 19.3. The second kappa shape index (κ2) is 8.25. The van der Waals surface area contributed by atoms with Gasteiger partial charge in [-0.3, -0.25) is 9.89 Å². The molecule has 0 saturated heterocycles. The van der Waals surface area contributed by atoms with Crippen molar-refractivity contribution in [2.75, 3.05) is 12.4 Å². The van der Waals surface area contributed by atoms with Gasteiger partial charge in [0.2, 0.25) is 5.91 Å². The number of ether oxygens (including phenoxy) is 1. The molecule has 1 heterocycles. The minimum absolute atomic E-state index is 0.0233. The first-order valence-electron chi connectivity index (χ1n) is 9.67. The number of benzene rings is 2. The van der Waals surface area contributed by atoms with Crippen molar-refractivity contribution in [1.82, 2.24) is 15.2 Å². The van der Waals surface area contributed by atoms with E-state index in [9.17, 15) is 4.79 Å². The Balaban J connectivity index is 1.25. The molecule has 0 spiro atoms. The number of aryl methyl sites for hydroxylation is 1. The highest BCUT2D eigenvalue weighted by molar-refractivity contribution is 5.90. The molecule has 1 fully saturated rings. The van der Waals surface area contributed by atoms with E-state index in [1.165, 1.54) is 18.4 Å². The van der Waals surface area contributed by atoms with E-state index in [1.807, 2.05) is 48.5 Å². The lowest BCUT2D eigenvalue weighted by atomic mass is 10.1. The van der Waals surface area contributed by atoms with Crippen molar-refractivity contribution in [3.05, 3.63) is 59.9 Å². The lowest BCUT2D eigenvalue weighted by Gasteiger charge is -2.06. The van der Waals surface area contributed by atoms with Crippen LogP contribution in [0.25, 0.3) is 11.4 Å². The zero-order valence-electron chi connectivity index (χ0n) is 15.9. The summed E-state index contributed by atoms with van der Waals surface area (Å²) < 4.78 is 5.16. The van der Waals surface area contributed by atoms with Crippen LogP contribution in [-0.2, 0) is 11.2 Å². The lowest BCUT2D eigenvalue weighted by molar-refractivity contribution is -0.116. The summed E-state index contributed by atoms with van der Waals surface area (Å²) in [4.78, 5) is 16.7. The van der Waals surface area contributed by atoms with Gasteiger partial charge in [0.1, 0.15) is 11.6 Å². The summed E-state index contributed by atoms with van der Waals surface area (Å²) in [5, 5.41) is 10.3. The van der Waals surface area contributed by atoms with Crippen LogP contribution in [0.1, 0.15) is 43.0 Å². The summed E-state index contributed by atoms with van der Waals surface area (Å²) >= 11 is 0. The summed E-state index contributed by atoms with van der Waals surface area (Å²) in [5.74, 6) is 3.11. The number of anilines is 1. The van der Waals surface area contributed by atoms with Crippen LogP contribution in [0.2, 0.25) is 0 Å². The molecule has 144 valence electrons. The average molecular weight is 376 g/mol. The van der Waals surface area contributed by atoms with Gasteiger partial charge in [-0.1, -0.05) is 12.1 Å². The second-order valence-corrected chi connectivity index (χ2v) is 7.15. The molecule has 2 aromatic carbocycles. The maximum absolute atomic E-state index is 12.2. The number of hydrogen-bond donors (Lipinski definition) is 2. The Bertz CT molecular complexity index is 928. The minimum atomic E-state index is 0.0233. The molecular formula is C22H24N4O2. The number of nitrogens with one attached hydrogen (secondary N) is 2. The van der Waals surface area contributed by atoms with E-state index < -0.39 is 0 Å². The number of aromatic nitrogens is 3. The lowest BCUT2D eigenvalue weighted by Crippen LogP contribution is -2.11. The average Bonchev–Trinajstić information content (AvgIpc) is 3.46. The van der Waals surface area contributed by atoms with Crippen LogP contribution in [0.15, 0.2) is 48.5 Å². The molecule has 1 aliphatic rings. The minimum Gasteiger partial charge on any atom is -0.497 e. The van der Waals surface area contributed by atoms with Crippen molar-refractivity contribution in [3.8, 4) is 17.1 Å². The fourth-order valence-corrected chi connectivity index (χ4v) is 3.11. The van der Waals surface area contributed by atoms with Crippen LogP contribution >= 0.6 is 0 Å². The highest BCUT2D eigenvalue weighted by Crippen LogP contribution is 2.38. The Labute approximate surface area is 164 Å². The SMILES string of the molecule is COc1ccc(CCCC(=O)Nc2ccc(-c3n[nH]c(C4CC4)n3)cc2)cc1. The van der Waals surface area contributed by atoms with Crippen LogP contribution in [0, 0.1) is 0 Å². The van der Waals surface area contributed by atoms with Crippen molar-refractivity contribution in [2.45, 2.75) is 38.0 Å². The second-order valence-electron chi connectivity index (χ2n) is 7.15. The zero-order valence-corrected chi connectivity index (χ0v) is 15.9. The van der Waals surface area contributed by atoms with Gasteiger partial charge in [-0.15, -0.1) is 0 Å². The van der Waals surface area contributed by atoms with Gasteiger partial charge >= 0.3 is 0 Å². The summed E-state index contributed by atoms with van der Waals surface area (Å²) in [7, 11) is 1.66. The third-order valence-electron chi connectivity index (χ3n) is 4.92. The van der Waals surface area contributed by atoms with E-state index in [0.29, 0.717) is 18.2 Å². The van der Waals surface area contributed by atoms with Crippen LogP contribution < -0.4 is 10.1 Å². The smallest absolute Gasteiger partial charge is 0.224 e. The largest absolute Gasteiger partial charge is 0.497 e. The quantitative estimate of drug-likeness (QED) is 0.614. The highest BCUT2D eigenvalue weighted by Gasteiger charge is 2.27. The van der Waals surface area contributed by atoms with Crippen molar-refractivity contribution in [2.24, 2.45) is 0 Å². The molecule has 4 rings (SSSR count). The molecule has 1 amide bonds. The molecule has 0 bridgehead atoms. The Morgan fingerprint density at radius 2 is 1.89 bits per heavy atom. The van der Waals surface area contributed by atoms with E-state index in [0.717, 1.165) is 35.7 Å². The fourth-order valence-electron chi connectivity index (χ4n) is 3.11. The normalized spacial score (nSPS) is 13.3. The first-order valence-corrected chi connectivity index (χ1v) is 9.67. The molecule has 3 aromatic rings. The molecule has 0 radical (unpaired) electrons. The Morgan fingerprint density at radius 1 is 1.14 bits per heavy atom. The Morgan fingerprint density at radius 3 is 2.57 bits per heavy atom.